The lowest BCUT2D eigenvalue weighted by atomic mass is 10.2. The van der Waals surface area contributed by atoms with Crippen LogP contribution in [0, 0.1) is 18.3 Å². The summed E-state index contributed by atoms with van der Waals surface area (Å²) in [6.07, 6.45) is 4.90. The molecule has 0 bridgehead atoms. The molecule has 0 nitrogen and oxygen atoms in total. The van der Waals surface area contributed by atoms with Crippen molar-refractivity contribution in [3.8, 4) is 12.3 Å². The van der Waals surface area contributed by atoms with Crippen LogP contribution in [-0.2, 0) is 0 Å². The van der Waals surface area contributed by atoms with Gasteiger partial charge in [0.15, 0.2) is 0 Å². The van der Waals surface area contributed by atoms with Crippen molar-refractivity contribution >= 4 is 17.6 Å². The van der Waals surface area contributed by atoms with Crippen LogP contribution >= 0.6 is 12.2 Å². The molecular weight excluding hydrogens is 92.1 g/mol. The van der Waals surface area contributed by atoms with Gasteiger partial charge in [0.2, 0.25) is 0 Å². The first kappa shape index (κ1) is 5.65. The van der Waals surface area contributed by atoms with Crippen LogP contribution in [0.4, 0.5) is 0 Å². The Labute approximate surface area is 43.6 Å². The van der Waals surface area contributed by atoms with E-state index in [9.17, 15) is 0 Å². The van der Waals surface area contributed by atoms with Gasteiger partial charge in [0.25, 0.3) is 0 Å². The third-order valence-corrected chi connectivity index (χ3v) is 0.780. The molecule has 0 amide bonds. The highest BCUT2D eigenvalue weighted by atomic mass is 32.1. The van der Waals surface area contributed by atoms with E-state index in [4.69, 9.17) is 6.42 Å². The van der Waals surface area contributed by atoms with E-state index in [1.807, 2.05) is 6.92 Å². The maximum absolute atomic E-state index is 4.90. The molecule has 0 aromatic carbocycles. The molecule has 0 aliphatic rings. The Morgan fingerprint density at radius 2 is 2.33 bits per heavy atom. The molecule has 0 aliphatic carbocycles. The summed E-state index contributed by atoms with van der Waals surface area (Å²) in [4.78, 5) is 0. The summed E-state index contributed by atoms with van der Waals surface area (Å²) in [5, 5.41) is 2.46. The molecule has 1 atom stereocenters. The van der Waals surface area contributed by atoms with Crippen molar-refractivity contribution in [2.45, 2.75) is 6.92 Å². The fourth-order valence-electron chi connectivity index (χ4n) is 0.0340. The van der Waals surface area contributed by atoms with E-state index in [-0.39, 0.29) is 5.92 Å². The Balaban J connectivity index is 3.30. The van der Waals surface area contributed by atoms with Gasteiger partial charge in [0.1, 0.15) is 0 Å². The lowest BCUT2D eigenvalue weighted by Gasteiger charge is -1.81. The van der Waals surface area contributed by atoms with Gasteiger partial charge in [0, 0.05) is 5.37 Å². The molecule has 1 radical (unpaired) electrons. The Morgan fingerprint density at radius 3 is 2.33 bits per heavy atom. The van der Waals surface area contributed by atoms with Crippen molar-refractivity contribution < 1.29 is 0 Å². The highest BCUT2D eigenvalue weighted by Crippen LogP contribution is 1.82. The second kappa shape index (κ2) is 2.87. The number of terminal acetylenes is 1. The monoisotopic (exact) mass is 97.0 g/mol. The average Bonchev–Trinajstić information content (AvgIpc) is 1.65. The zero-order chi connectivity index (χ0) is 4.99. The molecule has 0 fully saturated rings. The number of thiocarbonyl (C=S) groups is 1. The minimum absolute atomic E-state index is 0.0278. The first-order chi connectivity index (χ1) is 2.81. The molecule has 6 heavy (non-hydrogen) atoms. The average molecular weight is 97.2 g/mol. The Kier molecular flexibility index (Phi) is 2.70. The summed E-state index contributed by atoms with van der Waals surface area (Å²) >= 11 is 4.38. The third-order valence-electron chi connectivity index (χ3n) is 0.427. The van der Waals surface area contributed by atoms with Crippen LogP contribution in [0.2, 0.25) is 0 Å². The van der Waals surface area contributed by atoms with E-state index in [1.54, 1.807) is 0 Å². The fourth-order valence-corrected chi connectivity index (χ4v) is 0.102. The van der Waals surface area contributed by atoms with Gasteiger partial charge in [-0.2, -0.15) is 0 Å². The van der Waals surface area contributed by atoms with Crippen LogP contribution in [-0.4, -0.2) is 5.37 Å². The van der Waals surface area contributed by atoms with E-state index < -0.39 is 0 Å². The largest absolute Gasteiger partial charge is 0.119 e. The predicted molar refractivity (Wildman–Crippen MR) is 30.6 cm³/mol. The molecule has 0 aromatic heterocycles. The molecule has 0 saturated carbocycles. The molecule has 1 heteroatoms. The van der Waals surface area contributed by atoms with Crippen molar-refractivity contribution in [3.05, 3.63) is 0 Å². The highest BCUT2D eigenvalue weighted by Gasteiger charge is 1.82. The highest BCUT2D eigenvalue weighted by molar-refractivity contribution is 7.79. The van der Waals surface area contributed by atoms with Crippen molar-refractivity contribution in [3.63, 3.8) is 0 Å². The van der Waals surface area contributed by atoms with Gasteiger partial charge in [-0.05, 0) is 6.92 Å². The van der Waals surface area contributed by atoms with Crippen molar-refractivity contribution in [2.75, 3.05) is 0 Å². The van der Waals surface area contributed by atoms with Crippen LogP contribution in [0.3, 0.4) is 0 Å². The van der Waals surface area contributed by atoms with Gasteiger partial charge in [-0.1, -0.05) is 18.1 Å². The van der Waals surface area contributed by atoms with E-state index in [0.29, 0.717) is 0 Å². The molecule has 0 aliphatic heterocycles. The van der Waals surface area contributed by atoms with E-state index >= 15 is 0 Å². The Hall–Kier alpha value is -0.350. The van der Waals surface area contributed by atoms with E-state index in [2.05, 4.69) is 23.5 Å². The van der Waals surface area contributed by atoms with Gasteiger partial charge >= 0.3 is 0 Å². The number of hydrogen-bond acceptors (Lipinski definition) is 1. The van der Waals surface area contributed by atoms with Gasteiger partial charge in [0.05, 0.1) is 5.92 Å². The van der Waals surface area contributed by atoms with Crippen LogP contribution in [0.15, 0.2) is 0 Å². The van der Waals surface area contributed by atoms with Crippen LogP contribution in [0.25, 0.3) is 0 Å². The van der Waals surface area contributed by atoms with Crippen LogP contribution < -0.4 is 0 Å². The summed E-state index contributed by atoms with van der Waals surface area (Å²) in [6, 6.07) is 0. The molecule has 0 rings (SSSR count). The second-order valence-electron chi connectivity index (χ2n) is 1.01. The van der Waals surface area contributed by atoms with E-state index in [0.717, 1.165) is 0 Å². The van der Waals surface area contributed by atoms with Gasteiger partial charge < -0.3 is 0 Å². The smallest absolute Gasteiger partial charge is 0.0535 e. The second-order valence-corrected chi connectivity index (χ2v) is 1.24. The summed E-state index contributed by atoms with van der Waals surface area (Å²) in [6.45, 7) is 1.83. The molecule has 0 aromatic rings. The summed E-state index contributed by atoms with van der Waals surface area (Å²) in [7, 11) is 0. The molecular formula is C5H5S. The molecule has 31 valence electrons. The minimum Gasteiger partial charge on any atom is -0.119 e. The molecule has 0 saturated heterocycles. The zero-order valence-corrected chi connectivity index (χ0v) is 4.38. The fraction of sp³-hybridized carbons (Fsp3) is 0.400. The quantitative estimate of drug-likeness (QED) is 0.349. The van der Waals surface area contributed by atoms with Gasteiger partial charge in [-0.3, -0.25) is 0 Å². The third kappa shape index (κ3) is 1.92. The number of hydrogen-bond donors (Lipinski definition) is 0. The first-order valence-electron chi connectivity index (χ1n) is 1.65. The van der Waals surface area contributed by atoms with Crippen LogP contribution in [0.5, 0.6) is 0 Å². The first-order valence-corrected chi connectivity index (χ1v) is 2.06. The topological polar surface area (TPSA) is 0 Å². The summed E-state index contributed by atoms with van der Waals surface area (Å²) in [5.41, 5.74) is 0. The molecule has 0 N–H and O–H groups in total. The zero-order valence-electron chi connectivity index (χ0n) is 3.56. The number of rotatable bonds is 1. The lowest BCUT2D eigenvalue weighted by Crippen LogP contribution is -1.84. The maximum Gasteiger partial charge on any atom is 0.0535 e. The Bertz CT molecular complexity index is 78.4. The SMILES string of the molecule is C#CC(C)[C]=S. The van der Waals surface area contributed by atoms with Crippen molar-refractivity contribution in [2.24, 2.45) is 5.92 Å². The van der Waals surface area contributed by atoms with Crippen LogP contribution in [0.1, 0.15) is 6.92 Å². The Morgan fingerprint density at radius 1 is 1.83 bits per heavy atom. The summed E-state index contributed by atoms with van der Waals surface area (Å²) in [5.74, 6) is 2.43. The maximum atomic E-state index is 4.90. The van der Waals surface area contributed by atoms with Gasteiger partial charge in [-0.25, -0.2) is 0 Å². The van der Waals surface area contributed by atoms with E-state index in [1.165, 1.54) is 0 Å². The normalized spacial score (nSPS) is 12.0. The van der Waals surface area contributed by atoms with Crippen molar-refractivity contribution in [1.29, 1.82) is 0 Å². The molecule has 0 heterocycles. The molecule has 0 spiro atoms. The standard InChI is InChI=1S/C5H5S/c1-3-5(2)4-6/h1,5H,2H3. The lowest BCUT2D eigenvalue weighted by molar-refractivity contribution is 1.09. The molecule has 1 unspecified atom stereocenters. The summed E-state index contributed by atoms with van der Waals surface area (Å²) < 4.78 is 0. The minimum atomic E-state index is 0.0278. The van der Waals surface area contributed by atoms with Gasteiger partial charge in [-0.15, -0.1) is 6.42 Å². The predicted octanol–water partition coefficient (Wildman–Crippen LogP) is 1.13. The van der Waals surface area contributed by atoms with Crippen molar-refractivity contribution in [1.82, 2.24) is 0 Å².